The molecule has 2 aromatic rings. The molecule has 1 unspecified atom stereocenters. The molecule has 0 radical (unpaired) electrons. The lowest BCUT2D eigenvalue weighted by Gasteiger charge is -2.33. The first-order valence-electron chi connectivity index (χ1n) is 9.49. The summed E-state index contributed by atoms with van der Waals surface area (Å²) in [6.45, 7) is 10.0. The molecule has 0 saturated heterocycles. The quantitative estimate of drug-likeness (QED) is 0.818. The zero-order valence-electron chi connectivity index (χ0n) is 16.4. The maximum atomic E-state index is 12.9. The summed E-state index contributed by atoms with van der Waals surface area (Å²) in [5.74, 6) is 0.166. The molecule has 2 heterocycles. The van der Waals surface area contributed by atoms with Crippen LogP contribution in [0.3, 0.4) is 0 Å². The lowest BCUT2D eigenvalue weighted by atomic mass is 9.90. The molecule has 4 heteroatoms. The number of nitrogens with two attached hydrogens (primary N) is 1. The molecule has 2 N–H and O–H groups in total. The van der Waals surface area contributed by atoms with Crippen LogP contribution in [0.15, 0.2) is 24.3 Å². The van der Waals surface area contributed by atoms with Crippen molar-refractivity contribution < 1.29 is 4.79 Å². The van der Waals surface area contributed by atoms with Gasteiger partial charge in [-0.1, -0.05) is 6.07 Å². The average molecular weight is 371 g/mol. The van der Waals surface area contributed by atoms with Crippen molar-refractivity contribution >= 4 is 17.2 Å². The smallest absolute Gasteiger partial charge is 0.254 e. The van der Waals surface area contributed by atoms with Crippen molar-refractivity contribution in [1.29, 1.82) is 0 Å². The van der Waals surface area contributed by atoms with E-state index in [1.54, 1.807) is 0 Å². The fourth-order valence-electron chi connectivity index (χ4n) is 3.67. The van der Waals surface area contributed by atoms with E-state index in [9.17, 15) is 4.79 Å². The Morgan fingerprint density at radius 2 is 1.92 bits per heavy atom. The molecule has 0 aliphatic carbocycles. The highest BCUT2D eigenvalue weighted by molar-refractivity contribution is 7.11. The van der Waals surface area contributed by atoms with Crippen molar-refractivity contribution in [2.24, 2.45) is 5.73 Å². The van der Waals surface area contributed by atoms with Gasteiger partial charge in [0.1, 0.15) is 0 Å². The van der Waals surface area contributed by atoms with Gasteiger partial charge in [0.15, 0.2) is 0 Å². The SMILES string of the molecule is Cc1ccc(CCC(C)(N)CCN2CCc3c(ccc(C)c3C)C2=O)s1. The number of amides is 1. The van der Waals surface area contributed by atoms with Crippen LogP contribution in [-0.4, -0.2) is 29.4 Å². The maximum absolute atomic E-state index is 12.9. The summed E-state index contributed by atoms with van der Waals surface area (Å²) in [7, 11) is 0. The maximum Gasteiger partial charge on any atom is 0.254 e. The third-order valence-corrected chi connectivity index (χ3v) is 6.77. The monoisotopic (exact) mass is 370 g/mol. The number of aryl methyl sites for hydroxylation is 3. The highest BCUT2D eigenvalue weighted by atomic mass is 32.1. The molecular formula is C22H30N2OS. The predicted octanol–water partition coefficient (Wildman–Crippen LogP) is 4.41. The topological polar surface area (TPSA) is 46.3 Å². The van der Waals surface area contributed by atoms with E-state index in [1.807, 2.05) is 22.3 Å². The molecule has 26 heavy (non-hydrogen) atoms. The number of benzene rings is 1. The molecule has 0 fully saturated rings. The van der Waals surface area contributed by atoms with Crippen LogP contribution in [0, 0.1) is 20.8 Å². The summed E-state index contributed by atoms with van der Waals surface area (Å²) in [4.78, 5) is 17.6. The second-order valence-corrected chi connectivity index (χ2v) is 9.36. The Morgan fingerprint density at radius 1 is 1.15 bits per heavy atom. The van der Waals surface area contributed by atoms with E-state index in [2.05, 4.69) is 45.9 Å². The van der Waals surface area contributed by atoms with Gasteiger partial charge in [-0.3, -0.25) is 4.79 Å². The summed E-state index contributed by atoms with van der Waals surface area (Å²) in [6, 6.07) is 8.42. The fraction of sp³-hybridized carbons (Fsp3) is 0.500. The minimum absolute atomic E-state index is 0.166. The van der Waals surface area contributed by atoms with E-state index < -0.39 is 0 Å². The molecule has 0 bridgehead atoms. The van der Waals surface area contributed by atoms with Crippen molar-refractivity contribution in [3.05, 3.63) is 56.3 Å². The number of rotatable bonds is 6. The zero-order chi connectivity index (χ0) is 18.9. The van der Waals surface area contributed by atoms with Crippen molar-refractivity contribution in [3.8, 4) is 0 Å². The second-order valence-electron chi connectivity index (χ2n) is 7.99. The molecule has 1 aliphatic rings. The molecule has 0 spiro atoms. The molecule has 3 rings (SSSR count). The van der Waals surface area contributed by atoms with Gasteiger partial charge < -0.3 is 10.6 Å². The molecular weight excluding hydrogens is 340 g/mol. The Balaban J connectivity index is 1.59. The molecule has 1 atom stereocenters. The molecule has 1 aromatic carbocycles. The van der Waals surface area contributed by atoms with Gasteiger partial charge in [-0.2, -0.15) is 0 Å². The first-order chi connectivity index (χ1) is 12.3. The Hall–Kier alpha value is -1.65. The minimum Gasteiger partial charge on any atom is -0.338 e. The van der Waals surface area contributed by atoms with Crippen molar-refractivity contribution in [3.63, 3.8) is 0 Å². The Labute approximate surface area is 161 Å². The van der Waals surface area contributed by atoms with Gasteiger partial charge in [0.25, 0.3) is 5.91 Å². The van der Waals surface area contributed by atoms with Gasteiger partial charge in [0, 0.05) is 33.9 Å². The number of thiophene rings is 1. The first kappa shape index (κ1) is 19.1. The van der Waals surface area contributed by atoms with Crippen LogP contribution in [0.5, 0.6) is 0 Å². The summed E-state index contributed by atoms with van der Waals surface area (Å²) < 4.78 is 0. The van der Waals surface area contributed by atoms with Crippen LogP contribution in [0.25, 0.3) is 0 Å². The molecule has 1 aliphatic heterocycles. The van der Waals surface area contributed by atoms with Crippen LogP contribution in [0.4, 0.5) is 0 Å². The van der Waals surface area contributed by atoms with E-state index in [4.69, 9.17) is 5.73 Å². The van der Waals surface area contributed by atoms with Crippen LogP contribution in [-0.2, 0) is 12.8 Å². The average Bonchev–Trinajstić information content (AvgIpc) is 3.01. The molecule has 0 saturated carbocycles. The van der Waals surface area contributed by atoms with Gasteiger partial charge in [0.05, 0.1) is 0 Å². The van der Waals surface area contributed by atoms with Crippen molar-refractivity contribution in [1.82, 2.24) is 4.90 Å². The van der Waals surface area contributed by atoms with Gasteiger partial charge in [-0.15, -0.1) is 11.3 Å². The number of hydrogen-bond acceptors (Lipinski definition) is 3. The third kappa shape index (κ3) is 4.18. The van der Waals surface area contributed by atoms with Gasteiger partial charge in [-0.25, -0.2) is 0 Å². The van der Waals surface area contributed by atoms with E-state index >= 15 is 0 Å². The fourth-order valence-corrected chi connectivity index (χ4v) is 4.56. The highest BCUT2D eigenvalue weighted by Crippen LogP contribution is 2.26. The Kier molecular flexibility index (Phi) is 5.54. The number of hydrogen-bond donors (Lipinski definition) is 1. The number of nitrogens with zero attached hydrogens (tertiary/aromatic N) is 1. The first-order valence-corrected chi connectivity index (χ1v) is 10.3. The van der Waals surface area contributed by atoms with E-state index in [0.29, 0.717) is 0 Å². The van der Waals surface area contributed by atoms with Gasteiger partial charge in [-0.05, 0) is 88.3 Å². The standard InChI is InChI=1S/C22H30N2OS/c1-15-5-8-20-19(17(15)3)10-13-24(21(20)25)14-12-22(4,23)11-9-18-7-6-16(2)26-18/h5-8H,9-14,23H2,1-4H3. The Morgan fingerprint density at radius 3 is 2.62 bits per heavy atom. The number of fused-ring (bicyclic) bond motifs is 1. The predicted molar refractivity (Wildman–Crippen MR) is 110 cm³/mol. The zero-order valence-corrected chi connectivity index (χ0v) is 17.2. The van der Waals surface area contributed by atoms with Gasteiger partial charge >= 0.3 is 0 Å². The molecule has 3 nitrogen and oxygen atoms in total. The van der Waals surface area contributed by atoms with E-state index in [0.717, 1.165) is 44.3 Å². The highest BCUT2D eigenvalue weighted by Gasteiger charge is 2.28. The van der Waals surface area contributed by atoms with E-state index in [1.165, 1.54) is 26.4 Å². The van der Waals surface area contributed by atoms with Gasteiger partial charge in [0.2, 0.25) is 0 Å². The molecule has 1 amide bonds. The van der Waals surface area contributed by atoms with Crippen LogP contribution in [0.2, 0.25) is 0 Å². The summed E-state index contributed by atoms with van der Waals surface area (Å²) in [5.41, 5.74) is 10.9. The summed E-state index contributed by atoms with van der Waals surface area (Å²) >= 11 is 1.85. The number of carbonyl (C=O) groups excluding carboxylic acids is 1. The lowest BCUT2D eigenvalue weighted by molar-refractivity contribution is 0.0726. The van der Waals surface area contributed by atoms with E-state index in [-0.39, 0.29) is 11.4 Å². The van der Waals surface area contributed by atoms with Crippen LogP contribution >= 0.6 is 11.3 Å². The van der Waals surface area contributed by atoms with Crippen LogP contribution < -0.4 is 5.73 Å². The lowest BCUT2D eigenvalue weighted by Crippen LogP contribution is -2.44. The summed E-state index contributed by atoms with van der Waals surface area (Å²) in [6.07, 6.45) is 3.75. The largest absolute Gasteiger partial charge is 0.338 e. The normalized spacial score (nSPS) is 16.5. The molecule has 1 aromatic heterocycles. The third-order valence-electron chi connectivity index (χ3n) is 5.71. The van der Waals surface area contributed by atoms with Crippen molar-refractivity contribution in [2.45, 2.75) is 58.9 Å². The van der Waals surface area contributed by atoms with Crippen LogP contribution in [0.1, 0.15) is 56.6 Å². The second kappa shape index (κ2) is 7.53. The van der Waals surface area contributed by atoms with Crippen molar-refractivity contribution in [2.75, 3.05) is 13.1 Å². The molecule has 140 valence electrons. The Bertz CT molecular complexity index is 806. The number of carbonyl (C=O) groups is 1. The summed E-state index contributed by atoms with van der Waals surface area (Å²) in [5, 5.41) is 0. The minimum atomic E-state index is -0.248.